The molecule has 0 amide bonds. The minimum atomic E-state index is -0.305. The van der Waals surface area contributed by atoms with Gasteiger partial charge in [-0.15, -0.1) is 0 Å². The van der Waals surface area contributed by atoms with Crippen LogP contribution in [0.2, 0.25) is 0 Å². The predicted molar refractivity (Wildman–Crippen MR) is 209 cm³/mol. The second-order valence-corrected chi connectivity index (χ2v) is 14.5. The van der Waals surface area contributed by atoms with E-state index in [0.29, 0.717) is 0 Å². The Morgan fingerprint density at radius 2 is 1.26 bits per heavy atom. The molecule has 0 fully saturated rings. The first-order valence-electron chi connectivity index (χ1n) is 17.6. The summed E-state index contributed by atoms with van der Waals surface area (Å²) in [6.45, 7) is 4.64. The molecule has 0 saturated heterocycles. The molecule has 0 N–H and O–H groups in total. The van der Waals surface area contributed by atoms with Gasteiger partial charge in [0.25, 0.3) is 0 Å². The molecule has 0 saturated carbocycles. The molecule has 236 valence electrons. The Bertz CT molecular complexity index is 2960. The maximum atomic E-state index is 5.71. The summed E-state index contributed by atoms with van der Waals surface area (Å²) in [5.74, 6) is 1.71. The van der Waals surface area contributed by atoms with Crippen molar-refractivity contribution < 1.29 is 0 Å². The van der Waals surface area contributed by atoms with Crippen molar-refractivity contribution in [2.75, 3.05) is 0 Å². The topological polar surface area (TPSA) is 30.7 Å². The molecule has 50 heavy (non-hydrogen) atoms. The highest BCUT2D eigenvalue weighted by Gasteiger charge is 2.40. The van der Waals surface area contributed by atoms with Gasteiger partial charge < -0.3 is 0 Å². The number of aromatic nitrogens is 3. The third-order valence-corrected chi connectivity index (χ3v) is 11.3. The Kier molecular flexibility index (Phi) is 5.57. The Morgan fingerprint density at radius 1 is 0.580 bits per heavy atom. The average Bonchev–Trinajstić information content (AvgIpc) is 3.59. The van der Waals surface area contributed by atoms with Crippen molar-refractivity contribution in [3.63, 3.8) is 0 Å². The third kappa shape index (κ3) is 3.75. The van der Waals surface area contributed by atoms with E-state index in [4.69, 9.17) is 9.97 Å². The van der Waals surface area contributed by atoms with E-state index >= 15 is 0 Å². The van der Waals surface area contributed by atoms with Crippen molar-refractivity contribution in [2.45, 2.75) is 32.1 Å². The van der Waals surface area contributed by atoms with Crippen LogP contribution in [-0.2, 0) is 11.8 Å². The van der Waals surface area contributed by atoms with Crippen LogP contribution in [0.15, 0.2) is 133 Å². The zero-order chi connectivity index (χ0) is 33.1. The van der Waals surface area contributed by atoms with Gasteiger partial charge in [0.2, 0.25) is 0 Å². The highest BCUT2D eigenvalue weighted by atomic mass is 15.1. The van der Waals surface area contributed by atoms with E-state index in [1.165, 1.54) is 76.4 Å². The third-order valence-electron chi connectivity index (χ3n) is 11.3. The van der Waals surface area contributed by atoms with Gasteiger partial charge in [-0.3, -0.25) is 4.57 Å². The van der Waals surface area contributed by atoms with E-state index in [2.05, 4.69) is 158 Å². The minimum Gasteiger partial charge on any atom is -0.293 e. The van der Waals surface area contributed by atoms with Crippen molar-refractivity contribution >= 4 is 60.2 Å². The van der Waals surface area contributed by atoms with Gasteiger partial charge in [-0.1, -0.05) is 123 Å². The molecule has 0 unspecified atom stereocenters. The fourth-order valence-electron chi connectivity index (χ4n) is 8.90. The monoisotopic (exact) mass is 639 g/mol. The molecule has 0 atom stereocenters. The smallest absolute Gasteiger partial charge is 0.162 e. The van der Waals surface area contributed by atoms with Crippen LogP contribution >= 0.6 is 0 Å². The Balaban J connectivity index is 1.33. The second-order valence-electron chi connectivity index (χ2n) is 14.5. The molecule has 7 aromatic carbocycles. The lowest BCUT2D eigenvalue weighted by molar-refractivity contribution is 0.635. The van der Waals surface area contributed by atoms with Gasteiger partial charge in [0.05, 0.1) is 16.7 Å². The van der Waals surface area contributed by atoms with Crippen LogP contribution in [0.25, 0.3) is 88.5 Å². The lowest BCUT2D eigenvalue weighted by Gasteiger charge is -2.22. The van der Waals surface area contributed by atoms with Crippen molar-refractivity contribution in [1.29, 1.82) is 0 Å². The van der Waals surface area contributed by atoms with Crippen LogP contribution in [0, 0.1) is 0 Å². The minimum absolute atomic E-state index is 0.305. The Morgan fingerprint density at radius 3 is 2.12 bits per heavy atom. The summed E-state index contributed by atoms with van der Waals surface area (Å²) in [7, 11) is 0. The molecule has 3 nitrogen and oxygen atoms in total. The average molecular weight is 640 g/mol. The molecular formula is C47H33N3. The van der Waals surface area contributed by atoms with Gasteiger partial charge in [0.1, 0.15) is 5.82 Å². The number of aryl methyl sites for hydroxylation is 1. The van der Waals surface area contributed by atoms with Crippen LogP contribution in [0.3, 0.4) is 0 Å². The number of rotatable bonds is 2. The van der Waals surface area contributed by atoms with Crippen LogP contribution in [0.4, 0.5) is 0 Å². The molecule has 2 aromatic heterocycles. The summed E-state index contributed by atoms with van der Waals surface area (Å²) in [6, 6.07) is 46.8. The summed E-state index contributed by atoms with van der Waals surface area (Å²) in [5, 5.41) is 9.79. The van der Waals surface area contributed by atoms with E-state index in [1.54, 1.807) is 0 Å². The number of benzene rings is 7. The molecule has 0 bridgehead atoms. The second kappa shape index (κ2) is 9.99. The molecule has 0 spiro atoms. The highest BCUT2D eigenvalue weighted by molar-refractivity contribution is 6.15. The van der Waals surface area contributed by atoms with Gasteiger partial charge >= 0.3 is 0 Å². The van der Waals surface area contributed by atoms with E-state index in [9.17, 15) is 0 Å². The lowest BCUT2D eigenvalue weighted by atomic mass is 9.85. The largest absolute Gasteiger partial charge is 0.293 e. The van der Waals surface area contributed by atoms with Gasteiger partial charge in [0, 0.05) is 27.3 Å². The van der Waals surface area contributed by atoms with Gasteiger partial charge in [0.15, 0.2) is 5.82 Å². The maximum absolute atomic E-state index is 5.71. The molecule has 11 rings (SSSR count). The summed E-state index contributed by atoms with van der Waals surface area (Å²) in [5.41, 5.74) is 10.5. The Labute approximate surface area is 290 Å². The van der Waals surface area contributed by atoms with Gasteiger partial charge in [-0.25, -0.2) is 9.97 Å². The predicted octanol–water partition coefficient (Wildman–Crippen LogP) is 12.0. The van der Waals surface area contributed by atoms with Crippen LogP contribution in [0.1, 0.15) is 42.7 Å². The molecule has 2 aliphatic carbocycles. The van der Waals surface area contributed by atoms with Crippen molar-refractivity contribution in [3.8, 4) is 28.3 Å². The molecule has 2 aliphatic rings. The SMILES string of the molecule is CC1(C)c2ccccc2-c2c(-n3c4cc5c(cc4c4cc6ccccc6cc43)C=CCC5)nc(-c3cc4ccccc4c4ccccc34)nc21. The molecule has 2 heterocycles. The number of allylic oxidation sites excluding steroid dienone is 1. The number of hydrogen-bond donors (Lipinski definition) is 0. The van der Waals surface area contributed by atoms with Gasteiger partial charge in [-0.05, 0) is 97.7 Å². The molecular weight excluding hydrogens is 607 g/mol. The van der Waals surface area contributed by atoms with Gasteiger partial charge in [-0.2, -0.15) is 0 Å². The zero-order valence-corrected chi connectivity index (χ0v) is 28.0. The fraction of sp³-hybridized carbons (Fsp3) is 0.106. The van der Waals surface area contributed by atoms with E-state index in [0.717, 1.165) is 41.3 Å². The molecule has 0 radical (unpaired) electrons. The van der Waals surface area contributed by atoms with E-state index in [1.807, 2.05) is 0 Å². The first-order valence-corrected chi connectivity index (χ1v) is 17.6. The molecule has 0 aliphatic heterocycles. The summed E-state index contributed by atoms with van der Waals surface area (Å²) in [6.07, 6.45) is 6.70. The highest BCUT2D eigenvalue weighted by Crippen LogP contribution is 2.51. The first-order chi connectivity index (χ1) is 24.5. The maximum Gasteiger partial charge on any atom is 0.162 e. The summed E-state index contributed by atoms with van der Waals surface area (Å²) >= 11 is 0. The quantitative estimate of drug-likeness (QED) is 0.176. The standard InChI is InChI=1S/C47H33N3/c1-47(2)40-22-12-11-21-36(40)43-44(47)48-45(39-25-32-17-7-8-18-33(32)34-19-9-10-20-35(34)39)49-46(43)50-41-26-30-15-5-3-13-28(30)23-37(41)38-24-29-14-4-6-16-31(29)27-42(38)50/h3-5,7-15,17-27H,6,16H2,1-2H3. The van der Waals surface area contributed by atoms with Crippen LogP contribution < -0.4 is 0 Å². The number of fused-ring (bicyclic) bond motifs is 11. The van der Waals surface area contributed by atoms with Crippen LogP contribution in [-0.4, -0.2) is 14.5 Å². The number of nitrogens with zero attached hydrogens (tertiary/aromatic N) is 3. The van der Waals surface area contributed by atoms with E-state index < -0.39 is 0 Å². The van der Waals surface area contributed by atoms with Crippen molar-refractivity contribution in [1.82, 2.24) is 14.5 Å². The van der Waals surface area contributed by atoms with Crippen molar-refractivity contribution in [2.24, 2.45) is 0 Å². The summed E-state index contributed by atoms with van der Waals surface area (Å²) < 4.78 is 2.46. The van der Waals surface area contributed by atoms with Crippen LogP contribution in [0.5, 0.6) is 0 Å². The lowest BCUT2D eigenvalue weighted by Crippen LogP contribution is -2.18. The Hall–Kier alpha value is -6.06. The summed E-state index contributed by atoms with van der Waals surface area (Å²) in [4.78, 5) is 11.3. The fourth-order valence-corrected chi connectivity index (χ4v) is 8.90. The zero-order valence-electron chi connectivity index (χ0n) is 28.0. The van der Waals surface area contributed by atoms with Crippen molar-refractivity contribution in [3.05, 3.63) is 156 Å². The normalized spacial score (nSPS) is 14.5. The first kappa shape index (κ1) is 27.8. The number of hydrogen-bond acceptors (Lipinski definition) is 2. The molecule has 9 aromatic rings. The van der Waals surface area contributed by atoms with E-state index in [-0.39, 0.29) is 5.41 Å². The molecule has 3 heteroatoms.